The van der Waals surface area contributed by atoms with E-state index in [1.807, 2.05) is 0 Å². The lowest BCUT2D eigenvalue weighted by Crippen LogP contribution is -2.45. The van der Waals surface area contributed by atoms with Gasteiger partial charge in [0.25, 0.3) is 0 Å². The van der Waals surface area contributed by atoms with Gasteiger partial charge in [-0.15, -0.1) is 0 Å². The Morgan fingerprint density at radius 2 is 1.78 bits per heavy atom. The molecule has 9 heavy (non-hydrogen) atoms. The van der Waals surface area contributed by atoms with E-state index in [0.717, 1.165) is 0 Å². The molecule has 0 N–H and O–H groups in total. The first-order valence-electron chi connectivity index (χ1n) is 2.42. The summed E-state index contributed by atoms with van der Waals surface area (Å²) >= 11 is 0. The van der Waals surface area contributed by atoms with Crippen molar-refractivity contribution in [3.8, 4) is 0 Å². The molecular weight excluding hydrogens is 137 g/mol. The van der Waals surface area contributed by atoms with Crippen LogP contribution in [0.1, 0.15) is 0 Å². The molecule has 0 saturated carbocycles. The summed E-state index contributed by atoms with van der Waals surface area (Å²) in [5, 5.41) is 9.89. The van der Waals surface area contributed by atoms with Gasteiger partial charge in [0.1, 0.15) is 6.54 Å². The Balaban J connectivity index is 0. The summed E-state index contributed by atoms with van der Waals surface area (Å²) in [7, 11) is 5.40. The molecule has 0 fully saturated rings. The van der Waals surface area contributed by atoms with E-state index in [1.165, 1.54) is 0 Å². The summed E-state index contributed by atoms with van der Waals surface area (Å²) in [4.78, 5) is 9.89. The molecule has 4 heteroatoms. The maximum absolute atomic E-state index is 9.89. The first-order chi connectivity index (χ1) is 3.42. The molecule has 0 bridgehead atoms. The molecule has 0 aromatic heterocycles. The van der Waals surface area contributed by atoms with Gasteiger partial charge >= 0.3 is 0 Å². The molecule has 0 aliphatic heterocycles. The normalized spacial score (nSPS) is 10.1. The lowest BCUT2D eigenvalue weighted by molar-refractivity contribution is -0.864. The van der Waals surface area contributed by atoms with E-state index in [-0.39, 0.29) is 16.4 Å². The second kappa shape index (κ2) is 3.80. The molecular formula is C5H14NO2P. The van der Waals surface area contributed by atoms with E-state index in [0.29, 0.717) is 4.48 Å². The minimum absolute atomic E-state index is 0. The molecule has 0 amide bonds. The number of carbonyl (C=O) groups excluding carboxylic acids is 1. The number of quaternary nitrogens is 1. The zero-order chi connectivity index (χ0) is 6.78. The van der Waals surface area contributed by atoms with Crippen LogP contribution >= 0.6 is 9.90 Å². The molecule has 1 atom stereocenters. The van der Waals surface area contributed by atoms with Crippen molar-refractivity contribution in [2.45, 2.75) is 0 Å². The fraction of sp³-hybridized carbons (Fsp3) is 0.800. The average Bonchev–Trinajstić information content (AvgIpc) is 1.21. The standard InChI is InChI=1S/C5H11NO2.H3P/c1-6(2,3)4-5(7)8;/h4H2,1-3H3;1H3. The first-order valence-corrected chi connectivity index (χ1v) is 2.42. The summed E-state index contributed by atoms with van der Waals surface area (Å²) < 4.78 is 0.419. The molecule has 0 radical (unpaired) electrons. The van der Waals surface area contributed by atoms with Gasteiger partial charge in [0.15, 0.2) is 0 Å². The Morgan fingerprint density at radius 3 is 1.78 bits per heavy atom. The van der Waals surface area contributed by atoms with Crippen LogP contribution in [-0.2, 0) is 4.79 Å². The number of hydrogen-bond acceptors (Lipinski definition) is 2. The van der Waals surface area contributed by atoms with Crippen LogP contribution in [0.25, 0.3) is 0 Å². The third kappa shape index (κ3) is 11.4. The van der Waals surface area contributed by atoms with Crippen LogP contribution in [0.2, 0.25) is 0 Å². The summed E-state index contributed by atoms with van der Waals surface area (Å²) in [5.74, 6) is -1.00. The zero-order valence-corrected chi connectivity index (χ0v) is 7.59. The molecule has 0 aliphatic rings. The number of aliphatic carboxylic acids is 1. The maximum atomic E-state index is 9.89. The topological polar surface area (TPSA) is 40.1 Å². The Labute approximate surface area is 58.9 Å². The summed E-state index contributed by atoms with van der Waals surface area (Å²) in [6.07, 6.45) is 0. The van der Waals surface area contributed by atoms with Crippen molar-refractivity contribution in [2.24, 2.45) is 0 Å². The van der Waals surface area contributed by atoms with E-state index in [1.54, 1.807) is 21.1 Å². The van der Waals surface area contributed by atoms with Crippen LogP contribution < -0.4 is 5.11 Å². The summed E-state index contributed by atoms with van der Waals surface area (Å²) in [5.41, 5.74) is 0. The highest BCUT2D eigenvalue weighted by atomic mass is 31.0. The van der Waals surface area contributed by atoms with Crippen molar-refractivity contribution in [2.75, 3.05) is 27.7 Å². The number of carboxylic acids is 1. The Morgan fingerprint density at radius 1 is 1.44 bits per heavy atom. The Kier molecular flexibility index (Phi) is 4.92. The molecule has 1 unspecified atom stereocenters. The predicted octanol–water partition coefficient (Wildman–Crippen LogP) is -1.50. The van der Waals surface area contributed by atoms with Crippen LogP contribution in [0.5, 0.6) is 0 Å². The van der Waals surface area contributed by atoms with E-state index in [9.17, 15) is 9.90 Å². The van der Waals surface area contributed by atoms with Crippen molar-refractivity contribution < 1.29 is 14.4 Å². The average molecular weight is 151 g/mol. The van der Waals surface area contributed by atoms with Gasteiger partial charge in [0.05, 0.1) is 27.1 Å². The van der Waals surface area contributed by atoms with Crippen molar-refractivity contribution >= 4 is 15.9 Å². The Bertz CT molecular complexity index is 97.6. The van der Waals surface area contributed by atoms with E-state index < -0.39 is 5.97 Å². The fourth-order valence-corrected chi connectivity index (χ4v) is 0.387. The lowest BCUT2D eigenvalue weighted by atomic mass is 10.5. The van der Waals surface area contributed by atoms with Gasteiger partial charge in [-0.2, -0.15) is 9.90 Å². The number of carboxylic acid groups (broad SMARTS) is 1. The van der Waals surface area contributed by atoms with Gasteiger partial charge in [-0.1, -0.05) is 0 Å². The largest absolute Gasteiger partial charge is 0.544 e. The SMILES string of the molecule is C[N+](C)(C)CC(=O)[O-].P. The molecule has 56 valence electrons. The predicted molar refractivity (Wildman–Crippen MR) is 39.0 cm³/mol. The Hall–Kier alpha value is -0.140. The van der Waals surface area contributed by atoms with Crippen molar-refractivity contribution in [3.05, 3.63) is 0 Å². The molecule has 0 saturated heterocycles. The highest BCUT2D eigenvalue weighted by Crippen LogP contribution is 1.84. The second-order valence-corrected chi connectivity index (χ2v) is 2.82. The van der Waals surface area contributed by atoms with Gasteiger partial charge < -0.3 is 14.4 Å². The van der Waals surface area contributed by atoms with Gasteiger partial charge in [-0.05, 0) is 0 Å². The number of likely N-dealkylation sites (N-methyl/N-ethyl adjacent to an activating group) is 1. The highest BCUT2D eigenvalue weighted by Gasteiger charge is 2.04. The number of rotatable bonds is 2. The van der Waals surface area contributed by atoms with Crippen LogP contribution in [0.4, 0.5) is 0 Å². The molecule has 3 nitrogen and oxygen atoms in total. The van der Waals surface area contributed by atoms with E-state index >= 15 is 0 Å². The molecule has 0 spiro atoms. The van der Waals surface area contributed by atoms with Gasteiger partial charge in [0.2, 0.25) is 0 Å². The number of hydrogen-bond donors (Lipinski definition) is 0. The smallest absolute Gasteiger partial charge is 0.118 e. The van der Waals surface area contributed by atoms with Crippen molar-refractivity contribution in [3.63, 3.8) is 0 Å². The van der Waals surface area contributed by atoms with Crippen molar-refractivity contribution in [1.82, 2.24) is 0 Å². The van der Waals surface area contributed by atoms with Crippen molar-refractivity contribution in [1.29, 1.82) is 0 Å². The molecule has 0 aliphatic carbocycles. The minimum Gasteiger partial charge on any atom is -0.544 e. The van der Waals surface area contributed by atoms with Crippen LogP contribution in [0.15, 0.2) is 0 Å². The van der Waals surface area contributed by atoms with E-state index in [2.05, 4.69) is 0 Å². The van der Waals surface area contributed by atoms with Gasteiger partial charge in [-0.25, -0.2) is 0 Å². The first kappa shape index (κ1) is 11.6. The molecule has 0 heterocycles. The van der Waals surface area contributed by atoms with Crippen LogP contribution in [-0.4, -0.2) is 38.1 Å². The minimum atomic E-state index is -1.00. The highest BCUT2D eigenvalue weighted by molar-refractivity contribution is 6.92. The van der Waals surface area contributed by atoms with Gasteiger partial charge in [-0.3, -0.25) is 0 Å². The van der Waals surface area contributed by atoms with Crippen LogP contribution in [0.3, 0.4) is 0 Å². The molecule has 0 aromatic carbocycles. The monoisotopic (exact) mass is 151 g/mol. The molecule has 0 aromatic rings. The van der Waals surface area contributed by atoms with E-state index in [4.69, 9.17) is 0 Å². The summed E-state index contributed by atoms with van der Waals surface area (Å²) in [6, 6.07) is 0. The lowest BCUT2D eigenvalue weighted by Gasteiger charge is -2.23. The number of carbonyl (C=O) groups is 1. The van der Waals surface area contributed by atoms with Crippen LogP contribution in [0, 0.1) is 0 Å². The second-order valence-electron chi connectivity index (χ2n) is 2.82. The maximum Gasteiger partial charge on any atom is 0.118 e. The van der Waals surface area contributed by atoms with Gasteiger partial charge in [0, 0.05) is 0 Å². The molecule has 0 rings (SSSR count). The zero-order valence-electron chi connectivity index (χ0n) is 6.18. The quantitative estimate of drug-likeness (QED) is 0.356. The third-order valence-corrected chi connectivity index (χ3v) is 0.603. The summed E-state index contributed by atoms with van der Waals surface area (Å²) in [6.45, 7) is 0.0694. The third-order valence-electron chi connectivity index (χ3n) is 0.603. The fourth-order valence-electron chi connectivity index (χ4n) is 0.387. The number of nitrogens with zero attached hydrogens (tertiary/aromatic N) is 1.